The summed E-state index contributed by atoms with van der Waals surface area (Å²) in [6.45, 7) is 0. The number of anilines is 2. The molecule has 0 heterocycles. The Hall–Kier alpha value is -2.17. The Morgan fingerprint density at radius 2 is 1.41 bits per heavy atom. The maximum absolute atomic E-state index is 13.6. The van der Waals surface area contributed by atoms with E-state index in [2.05, 4.69) is 0 Å². The van der Waals surface area contributed by atoms with Gasteiger partial charge >= 0.3 is 0 Å². The normalized spacial score (nSPS) is 10.5. The van der Waals surface area contributed by atoms with Crippen molar-refractivity contribution in [2.45, 2.75) is 0 Å². The summed E-state index contributed by atoms with van der Waals surface area (Å²) >= 11 is 0. The average Bonchev–Trinajstić information content (AvgIpc) is 2.24. The second kappa shape index (κ2) is 4.01. The molecule has 0 radical (unpaired) electrons. The van der Waals surface area contributed by atoms with Gasteiger partial charge in [-0.05, 0) is 24.3 Å². The molecule has 0 bridgehead atoms. The van der Waals surface area contributed by atoms with E-state index in [1.165, 1.54) is 6.07 Å². The van der Waals surface area contributed by atoms with Gasteiger partial charge in [0, 0.05) is 22.9 Å². The first kappa shape index (κ1) is 11.3. The van der Waals surface area contributed by atoms with Crippen molar-refractivity contribution in [2.24, 2.45) is 0 Å². The topological polar surface area (TPSA) is 52.0 Å². The molecule has 2 aromatic carbocycles. The number of halogens is 3. The molecular weight excluding hydrogens is 229 g/mol. The Balaban J connectivity index is 2.64. The Bertz CT molecular complexity index is 582. The lowest BCUT2D eigenvalue weighted by Crippen LogP contribution is -1.97. The zero-order valence-corrected chi connectivity index (χ0v) is 8.68. The second-order valence-corrected chi connectivity index (χ2v) is 3.59. The Labute approximate surface area is 95.7 Å². The highest BCUT2D eigenvalue weighted by Gasteiger charge is 2.12. The van der Waals surface area contributed by atoms with E-state index in [0.29, 0.717) is 6.07 Å². The van der Waals surface area contributed by atoms with Crippen LogP contribution in [0.5, 0.6) is 0 Å². The standard InChI is InChI=1S/C12H9F3N2/c13-6-1-2-7(11(16)3-6)8-4-12(17)10(15)5-9(8)14/h1-5H,16-17H2. The van der Waals surface area contributed by atoms with E-state index in [4.69, 9.17) is 11.5 Å². The molecule has 0 aliphatic carbocycles. The second-order valence-electron chi connectivity index (χ2n) is 3.59. The number of hydrogen-bond donors (Lipinski definition) is 2. The van der Waals surface area contributed by atoms with Crippen LogP contribution in [0.4, 0.5) is 24.5 Å². The highest BCUT2D eigenvalue weighted by Crippen LogP contribution is 2.31. The number of nitrogens with two attached hydrogens (primary N) is 2. The molecule has 4 N–H and O–H groups in total. The Kier molecular flexibility index (Phi) is 2.67. The molecule has 0 unspecified atom stereocenters. The highest BCUT2D eigenvalue weighted by atomic mass is 19.1. The molecule has 0 aliphatic rings. The number of nitrogen functional groups attached to an aromatic ring is 2. The summed E-state index contributed by atoms with van der Waals surface area (Å²) in [5, 5.41) is 0. The minimum absolute atomic E-state index is 0.0430. The molecule has 0 aromatic heterocycles. The van der Waals surface area contributed by atoms with Crippen molar-refractivity contribution in [2.75, 3.05) is 11.5 Å². The summed E-state index contributed by atoms with van der Waals surface area (Å²) < 4.78 is 39.4. The van der Waals surface area contributed by atoms with Gasteiger partial charge in [-0.3, -0.25) is 0 Å². The molecule has 2 rings (SSSR count). The van der Waals surface area contributed by atoms with Crippen LogP contribution in [0.15, 0.2) is 30.3 Å². The summed E-state index contributed by atoms with van der Waals surface area (Å²) in [6, 6.07) is 5.33. The van der Waals surface area contributed by atoms with Gasteiger partial charge in [-0.15, -0.1) is 0 Å². The van der Waals surface area contributed by atoms with Gasteiger partial charge in [-0.25, -0.2) is 13.2 Å². The average molecular weight is 238 g/mol. The largest absolute Gasteiger partial charge is 0.398 e. The van der Waals surface area contributed by atoms with Crippen molar-refractivity contribution < 1.29 is 13.2 Å². The third-order valence-electron chi connectivity index (χ3n) is 2.39. The smallest absolute Gasteiger partial charge is 0.149 e. The van der Waals surface area contributed by atoms with Gasteiger partial charge in [0.15, 0.2) is 0 Å². The quantitative estimate of drug-likeness (QED) is 0.750. The van der Waals surface area contributed by atoms with Crippen LogP contribution >= 0.6 is 0 Å². The molecule has 0 saturated heterocycles. The van der Waals surface area contributed by atoms with Crippen LogP contribution < -0.4 is 11.5 Å². The minimum atomic E-state index is -0.841. The molecule has 0 amide bonds. The van der Waals surface area contributed by atoms with Crippen LogP contribution in [-0.2, 0) is 0 Å². The van der Waals surface area contributed by atoms with Gasteiger partial charge in [0.25, 0.3) is 0 Å². The van der Waals surface area contributed by atoms with Crippen LogP contribution in [0.1, 0.15) is 0 Å². The number of hydrogen-bond acceptors (Lipinski definition) is 2. The van der Waals surface area contributed by atoms with Crippen LogP contribution in [0, 0.1) is 17.5 Å². The minimum Gasteiger partial charge on any atom is -0.398 e. The van der Waals surface area contributed by atoms with Gasteiger partial charge in [0.2, 0.25) is 0 Å². The fraction of sp³-hybridized carbons (Fsp3) is 0. The van der Waals surface area contributed by atoms with Gasteiger partial charge in [-0.2, -0.15) is 0 Å². The fourth-order valence-electron chi connectivity index (χ4n) is 1.55. The summed E-state index contributed by atoms with van der Waals surface area (Å²) in [7, 11) is 0. The maximum atomic E-state index is 13.6. The molecule has 0 atom stereocenters. The summed E-state index contributed by atoms with van der Waals surface area (Å²) in [6.07, 6.45) is 0. The monoisotopic (exact) mass is 238 g/mol. The van der Waals surface area contributed by atoms with Crippen molar-refractivity contribution in [1.82, 2.24) is 0 Å². The molecule has 17 heavy (non-hydrogen) atoms. The van der Waals surface area contributed by atoms with E-state index < -0.39 is 17.5 Å². The molecular formula is C12H9F3N2. The lowest BCUT2D eigenvalue weighted by atomic mass is 10.0. The first-order valence-corrected chi connectivity index (χ1v) is 4.79. The van der Waals surface area contributed by atoms with Crippen molar-refractivity contribution in [1.29, 1.82) is 0 Å². The first-order chi connectivity index (χ1) is 7.99. The third-order valence-corrected chi connectivity index (χ3v) is 2.39. The van der Waals surface area contributed by atoms with Crippen LogP contribution in [0.25, 0.3) is 11.1 Å². The van der Waals surface area contributed by atoms with E-state index in [1.807, 2.05) is 0 Å². The van der Waals surface area contributed by atoms with E-state index in [9.17, 15) is 13.2 Å². The molecule has 0 aliphatic heterocycles. The zero-order chi connectivity index (χ0) is 12.6. The van der Waals surface area contributed by atoms with Crippen molar-refractivity contribution in [3.05, 3.63) is 47.8 Å². The molecule has 5 heteroatoms. The lowest BCUT2D eigenvalue weighted by Gasteiger charge is -2.08. The first-order valence-electron chi connectivity index (χ1n) is 4.79. The maximum Gasteiger partial charge on any atom is 0.149 e. The van der Waals surface area contributed by atoms with Crippen LogP contribution in [0.2, 0.25) is 0 Å². The SMILES string of the molecule is Nc1cc(-c2ccc(F)cc2N)c(F)cc1F. The molecule has 0 fully saturated rings. The highest BCUT2D eigenvalue weighted by molar-refractivity contribution is 5.78. The number of rotatable bonds is 1. The third kappa shape index (κ3) is 2.04. The fourth-order valence-corrected chi connectivity index (χ4v) is 1.55. The predicted molar refractivity (Wildman–Crippen MR) is 60.6 cm³/mol. The summed E-state index contributed by atoms with van der Waals surface area (Å²) in [5.41, 5.74) is 11.1. The summed E-state index contributed by atoms with van der Waals surface area (Å²) in [5.74, 6) is -2.16. The molecule has 0 spiro atoms. The Morgan fingerprint density at radius 3 is 2.06 bits per heavy atom. The van der Waals surface area contributed by atoms with Crippen molar-refractivity contribution in [3.8, 4) is 11.1 Å². The molecule has 88 valence electrons. The van der Waals surface area contributed by atoms with Gasteiger partial charge < -0.3 is 11.5 Å². The van der Waals surface area contributed by atoms with Crippen molar-refractivity contribution in [3.63, 3.8) is 0 Å². The zero-order valence-electron chi connectivity index (χ0n) is 8.68. The summed E-state index contributed by atoms with van der Waals surface area (Å²) in [4.78, 5) is 0. The predicted octanol–water partition coefficient (Wildman–Crippen LogP) is 2.94. The van der Waals surface area contributed by atoms with Crippen LogP contribution in [0.3, 0.4) is 0 Å². The van der Waals surface area contributed by atoms with E-state index >= 15 is 0 Å². The number of benzene rings is 2. The van der Waals surface area contributed by atoms with Gasteiger partial charge in [0.05, 0.1) is 5.69 Å². The molecule has 2 aromatic rings. The van der Waals surface area contributed by atoms with E-state index in [-0.39, 0.29) is 22.5 Å². The van der Waals surface area contributed by atoms with Gasteiger partial charge in [0.1, 0.15) is 17.5 Å². The van der Waals surface area contributed by atoms with E-state index in [1.54, 1.807) is 0 Å². The van der Waals surface area contributed by atoms with E-state index in [0.717, 1.165) is 18.2 Å². The van der Waals surface area contributed by atoms with Crippen LogP contribution in [-0.4, -0.2) is 0 Å². The lowest BCUT2D eigenvalue weighted by molar-refractivity contribution is 0.588. The molecule has 0 saturated carbocycles. The Morgan fingerprint density at radius 1 is 0.706 bits per heavy atom. The van der Waals surface area contributed by atoms with Crippen molar-refractivity contribution >= 4 is 11.4 Å². The van der Waals surface area contributed by atoms with Gasteiger partial charge in [-0.1, -0.05) is 0 Å². The molecule has 2 nitrogen and oxygen atoms in total.